The molecule has 104 valence electrons. The summed E-state index contributed by atoms with van der Waals surface area (Å²) in [6, 6.07) is 0. The van der Waals surface area contributed by atoms with Gasteiger partial charge in [-0.3, -0.25) is 4.79 Å². The maximum atomic E-state index is 13.9. The summed E-state index contributed by atoms with van der Waals surface area (Å²) in [5.74, 6) is -0.282. The number of anilines is 1. The van der Waals surface area contributed by atoms with Crippen LogP contribution in [0.5, 0.6) is 0 Å². The third-order valence-corrected chi connectivity index (χ3v) is 3.36. The SMILES string of the molecule is CCOC(=O)C1CCN(c2ncnc(C)c2F)CC1. The van der Waals surface area contributed by atoms with Gasteiger partial charge in [-0.25, -0.2) is 14.4 Å². The number of ether oxygens (including phenoxy) is 1. The molecule has 0 N–H and O–H groups in total. The van der Waals surface area contributed by atoms with Crippen molar-refractivity contribution in [1.29, 1.82) is 0 Å². The van der Waals surface area contributed by atoms with Crippen LogP contribution < -0.4 is 4.90 Å². The summed E-state index contributed by atoms with van der Waals surface area (Å²) in [5.41, 5.74) is 0.345. The number of hydrogen-bond donors (Lipinski definition) is 0. The van der Waals surface area contributed by atoms with E-state index in [1.54, 1.807) is 13.8 Å². The van der Waals surface area contributed by atoms with E-state index in [0.717, 1.165) is 0 Å². The predicted octanol–water partition coefficient (Wildman–Crippen LogP) is 1.70. The fraction of sp³-hybridized carbons (Fsp3) is 0.615. The number of piperidine rings is 1. The van der Waals surface area contributed by atoms with Crippen molar-refractivity contribution < 1.29 is 13.9 Å². The molecule has 0 amide bonds. The normalized spacial score (nSPS) is 16.5. The highest BCUT2D eigenvalue weighted by Gasteiger charge is 2.28. The molecule has 0 unspecified atom stereocenters. The maximum absolute atomic E-state index is 13.9. The summed E-state index contributed by atoms with van der Waals surface area (Å²) in [5, 5.41) is 0. The zero-order chi connectivity index (χ0) is 13.8. The Bertz CT molecular complexity index is 459. The van der Waals surface area contributed by atoms with E-state index in [9.17, 15) is 9.18 Å². The van der Waals surface area contributed by atoms with Crippen molar-refractivity contribution in [2.45, 2.75) is 26.7 Å². The molecule has 19 heavy (non-hydrogen) atoms. The van der Waals surface area contributed by atoms with Crippen molar-refractivity contribution >= 4 is 11.8 Å². The minimum Gasteiger partial charge on any atom is -0.466 e. The standard InChI is InChI=1S/C13H18FN3O2/c1-3-19-13(18)10-4-6-17(7-5-10)12-11(14)9(2)15-8-16-12/h8,10H,3-7H2,1-2H3. The van der Waals surface area contributed by atoms with Crippen molar-refractivity contribution in [1.82, 2.24) is 9.97 Å². The second-order valence-electron chi connectivity index (χ2n) is 4.61. The van der Waals surface area contributed by atoms with Gasteiger partial charge in [-0.15, -0.1) is 0 Å². The van der Waals surface area contributed by atoms with Crippen LogP contribution in [-0.2, 0) is 9.53 Å². The number of carbonyl (C=O) groups is 1. The molecule has 0 aromatic carbocycles. The molecule has 0 radical (unpaired) electrons. The molecule has 0 atom stereocenters. The first-order valence-electron chi connectivity index (χ1n) is 6.52. The summed E-state index contributed by atoms with van der Waals surface area (Å²) in [6.07, 6.45) is 2.70. The van der Waals surface area contributed by atoms with Gasteiger partial charge in [-0.2, -0.15) is 0 Å². The fourth-order valence-electron chi connectivity index (χ4n) is 2.25. The third kappa shape index (κ3) is 3.00. The van der Waals surface area contributed by atoms with E-state index in [1.165, 1.54) is 6.33 Å². The Morgan fingerprint density at radius 2 is 2.16 bits per heavy atom. The van der Waals surface area contributed by atoms with Gasteiger partial charge in [0.15, 0.2) is 11.6 Å². The maximum Gasteiger partial charge on any atom is 0.309 e. The first-order chi connectivity index (χ1) is 9.13. The summed E-state index contributed by atoms with van der Waals surface area (Å²) < 4.78 is 18.9. The monoisotopic (exact) mass is 267 g/mol. The number of halogens is 1. The Hall–Kier alpha value is -1.72. The summed E-state index contributed by atoms with van der Waals surface area (Å²) in [4.78, 5) is 21.3. The van der Waals surface area contributed by atoms with Gasteiger partial charge in [0, 0.05) is 13.1 Å². The topological polar surface area (TPSA) is 55.3 Å². The molecule has 2 heterocycles. The molecule has 2 rings (SSSR count). The number of hydrogen-bond acceptors (Lipinski definition) is 5. The molecule has 1 aromatic heterocycles. The van der Waals surface area contributed by atoms with E-state index in [1.807, 2.05) is 4.90 Å². The first kappa shape index (κ1) is 13.7. The molecule has 1 aromatic rings. The van der Waals surface area contributed by atoms with Gasteiger partial charge in [0.1, 0.15) is 6.33 Å². The second kappa shape index (κ2) is 5.95. The van der Waals surface area contributed by atoms with Crippen LogP contribution in [0.3, 0.4) is 0 Å². The fourth-order valence-corrected chi connectivity index (χ4v) is 2.25. The number of rotatable bonds is 3. The lowest BCUT2D eigenvalue weighted by Gasteiger charge is -2.31. The molecular formula is C13H18FN3O2. The minimum absolute atomic E-state index is 0.0813. The lowest BCUT2D eigenvalue weighted by molar-refractivity contribution is -0.148. The average molecular weight is 267 g/mol. The van der Waals surface area contributed by atoms with Gasteiger partial charge < -0.3 is 9.64 Å². The summed E-state index contributed by atoms with van der Waals surface area (Å²) in [7, 11) is 0. The van der Waals surface area contributed by atoms with Crippen LogP contribution in [0.15, 0.2) is 6.33 Å². The minimum atomic E-state index is -0.378. The Morgan fingerprint density at radius 1 is 1.47 bits per heavy atom. The molecule has 5 nitrogen and oxygen atoms in total. The molecule has 0 spiro atoms. The number of carbonyl (C=O) groups excluding carboxylic acids is 1. The highest BCUT2D eigenvalue weighted by atomic mass is 19.1. The van der Waals surface area contributed by atoms with Crippen LogP contribution in [0, 0.1) is 18.7 Å². The van der Waals surface area contributed by atoms with E-state index < -0.39 is 0 Å². The predicted molar refractivity (Wildman–Crippen MR) is 68.3 cm³/mol. The van der Waals surface area contributed by atoms with Gasteiger partial charge in [-0.1, -0.05) is 0 Å². The third-order valence-electron chi connectivity index (χ3n) is 3.36. The van der Waals surface area contributed by atoms with Gasteiger partial charge >= 0.3 is 5.97 Å². The molecule has 1 saturated heterocycles. The Kier molecular flexibility index (Phi) is 4.29. The highest BCUT2D eigenvalue weighted by Crippen LogP contribution is 2.25. The van der Waals surface area contributed by atoms with Crippen LogP contribution in [0.2, 0.25) is 0 Å². The molecule has 0 saturated carbocycles. The molecule has 0 aliphatic carbocycles. The lowest BCUT2D eigenvalue weighted by atomic mass is 9.97. The van der Waals surface area contributed by atoms with Gasteiger partial charge in [0.05, 0.1) is 18.2 Å². The Morgan fingerprint density at radius 3 is 2.79 bits per heavy atom. The average Bonchev–Trinajstić information content (AvgIpc) is 2.42. The van der Waals surface area contributed by atoms with Crippen molar-refractivity contribution in [3.8, 4) is 0 Å². The van der Waals surface area contributed by atoms with E-state index in [-0.39, 0.29) is 17.7 Å². The number of nitrogens with zero attached hydrogens (tertiary/aromatic N) is 3. The quantitative estimate of drug-likeness (QED) is 0.780. The van der Waals surface area contributed by atoms with E-state index in [4.69, 9.17) is 4.74 Å². The first-order valence-corrected chi connectivity index (χ1v) is 6.52. The molecule has 1 aliphatic rings. The molecule has 1 fully saturated rings. The van der Waals surface area contributed by atoms with Crippen molar-refractivity contribution in [2.24, 2.45) is 5.92 Å². The van der Waals surface area contributed by atoms with Crippen LogP contribution in [0.4, 0.5) is 10.2 Å². The molecule has 0 bridgehead atoms. The van der Waals surface area contributed by atoms with E-state index >= 15 is 0 Å². The summed E-state index contributed by atoms with van der Waals surface area (Å²) >= 11 is 0. The zero-order valence-corrected chi connectivity index (χ0v) is 11.2. The smallest absolute Gasteiger partial charge is 0.309 e. The molecule has 6 heteroatoms. The largest absolute Gasteiger partial charge is 0.466 e. The lowest BCUT2D eigenvalue weighted by Crippen LogP contribution is -2.38. The Balaban J connectivity index is 2.00. The number of esters is 1. The van der Waals surface area contributed by atoms with Crippen molar-refractivity contribution in [2.75, 3.05) is 24.6 Å². The van der Waals surface area contributed by atoms with Crippen LogP contribution in [-0.4, -0.2) is 35.6 Å². The number of aryl methyl sites for hydroxylation is 1. The van der Waals surface area contributed by atoms with Crippen molar-refractivity contribution in [3.05, 3.63) is 17.8 Å². The van der Waals surface area contributed by atoms with Gasteiger partial charge in [0.25, 0.3) is 0 Å². The summed E-state index contributed by atoms with van der Waals surface area (Å²) in [6.45, 7) is 5.03. The highest BCUT2D eigenvalue weighted by molar-refractivity contribution is 5.72. The Labute approximate surface area is 111 Å². The van der Waals surface area contributed by atoms with E-state index in [2.05, 4.69) is 9.97 Å². The van der Waals surface area contributed by atoms with Crippen LogP contribution >= 0.6 is 0 Å². The van der Waals surface area contributed by atoms with Crippen molar-refractivity contribution in [3.63, 3.8) is 0 Å². The van der Waals surface area contributed by atoms with E-state index in [0.29, 0.717) is 44.0 Å². The molecular weight excluding hydrogens is 249 g/mol. The second-order valence-corrected chi connectivity index (χ2v) is 4.61. The molecule has 1 aliphatic heterocycles. The number of aromatic nitrogens is 2. The van der Waals surface area contributed by atoms with Crippen LogP contribution in [0.25, 0.3) is 0 Å². The van der Waals surface area contributed by atoms with Crippen LogP contribution in [0.1, 0.15) is 25.5 Å². The zero-order valence-electron chi connectivity index (χ0n) is 11.2. The van der Waals surface area contributed by atoms with Gasteiger partial charge in [-0.05, 0) is 26.7 Å². The van der Waals surface area contributed by atoms with Gasteiger partial charge in [0.2, 0.25) is 0 Å².